The first-order valence-electron chi connectivity index (χ1n) is 6.37. The summed E-state index contributed by atoms with van der Waals surface area (Å²) in [6.45, 7) is 5.36. The summed E-state index contributed by atoms with van der Waals surface area (Å²) in [5.74, 6) is -2.81. The number of halogens is 5. The van der Waals surface area contributed by atoms with Crippen molar-refractivity contribution in [1.29, 1.82) is 0 Å². The van der Waals surface area contributed by atoms with Gasteiger partial charge in [0.05, 0.1) is 4.47 Å². The third kappa shape index (κ3) is 4.42. The molecule has 21 heavy (non-hydrogen) atoms. The van der Waals surface area contributed by atoms with Crippen LogP contribution in [0.5, 0.6) is 5.75 Å². The van der Waals surface area contributed by atoms with Gasteiger partial charge in [0.2, 0.25) is 5.82 Å². The Bertz CT molecular complexity index is 474. The summed E-state index contributed by atoms with van der Waals surface area (Å²) in [5.41, 5.74) is 0.440. The molecule has 0 aliphatic carbocycles. The molecule has 0 unspecified atom stereocenters. The second kappa shape index (κ2) is 9.10. The van der Waals surface area contributed by atoms with E-state index in [1.54, 1.807) is 0 Å². The number of benzene rings is 1. The van der Waals surface area contributed by atoms with Gasteiger partial charge >= 0.3 is 0 Å². The summed E-state index contributed by atoms with van der Waals surface area (Å²) in [6, 6.07) is 1.37. The number of hydrogen-bond acceptors (Lipinski definition) is 3. The molecule has 0 saturated carbocycles. The molecular weight excluding hydrogens is 389 g/mol. The summed E-state index contributed by atoms with van der Waals surface area (Å²) >= 11 is 3.00. The molecule has 1 aliphatic heterocycles. The number of hydrogen-bond donors (Lipinski definition) is 2. The molecule has 1 saturated heterocycles. The van der Waals surface area contributed by atoms with Crippen molar-refractivity contribution >= 4 is 40.7 Å². The number of phenolic OH excluding ortho intramolecular Hbond substituents is 1. The minimum absolute atomic E-state index is 0. The van der Waals surface area contributed by atoms with Gasteiger partial charge < -0.3 is 10.4 Å². The van der Waals surface area contributed by atoms with Crippen LogP contribution >= 0.6 is 40.7 Å². The average molecular weight is 408 g/mol. The summed E-state index contributed by atoms with van der Waals surface area (Å²) in [7, 11) is 0. The second-order valence-electron chi connectivity index (χ2n) is 4.63. The Morgan fingerprint density at radius 1 is 1.29 bits per heavy atom. The number of piperazine rings is 1. The van der Waals surface area contributed by atoms with E-state index in [-0.39, 0.29) is 35.3 Å². The minimum atomic E-state index is -1.18. The highest BCUT2D eigenvalue weighted by atomic mass is 79.9. The van der Waals surface area contributed by atoms with Crippen molar-refractivity contribution in [1.82, 2.24) is 10.2 Å². The molecule has 3 nitrogen and oxygen atoms in total. The summed E-state index contributed by atoms with van der Waals surface area (Å²) in [4.78, 5) is 2.18. The van der Waals surface area contributed by atoms with E-state index in [0.29, 0.717) is 5.56 Å². The molecule has 0 amide bonds. The number of aromatic hydroxyl groups is 1. The maximum Gasteiger partial charge on any atom is 0.201 e. The van der Waals surface area contributed by atoms with E-state index in [9.17, 15) is 13.9 Å². The van der Waals surface area contributed by atoms with E-state index in [2.05, 4.69) is 26.1 Å². The smallest absolute Gasteiger partial charge is 0.201 e. The van der Waals surface area contributed by atoms with E-state index in [0.717, 1.165) is 32.6 Å². The fourth-order valence-corrected chi connectivity index (χ4v) is 2.95. The average Bonchev–Trinajstić information content (AvgIpc) is 2.44. The molecule has 0 aromatic heterocycles. The van der Waals surface area contributed by atoms with Crippen molar-refractivity contribution in [3.8, 4) is 5.75 Å². The molecular formula is C13H19BrCl2F2N2O. The molecule has 122 valence electrons. The first-order chi connectivity index (χ1) is 9.06. The van der Waals surface area contributed by atoms with Crippen molar-refractivity contribution in [3.63, 3.8) is 0 Å². The van der Waals surface area contributed by atoms with Crippen LogP contribution < -0.4 is 5.32 Å². The Balaban J connectivity index is 0.00000200. The monoisotopic (exact) mass is 406 g/mol. The van der Waals surface area contributed by atoms with Crippen LogP contribution in [0.4, 0.5) is 8.78 Å². The van der Waals surface area contributed by atoms with Gasteiger partial charge in [-0.2, -0.15) is 4.39 Å². The third-order valence-electron chi connectivity index (χ3n) is 3.50. The van der Waals surface area contributed by atoms with E-state index in [1.165, 1.54) is 6.07 Å². The van der Waals surface area contributed by atoms with E-state index in [4.69, 9.17) is 0 Å². The summed E-state index contributed by atoms with van der Waals surface area (Å²) < 4.78 is 27.1. The molecule has 0 bridgehead atoms. The van der Waals surface area contributed by atoms with Crippen molar-refractivity contribution < 1.29 is 13.9 Å². The zero-order valence-corrected chi connectivity index (χ0v) is 14.8. The number of phenols is 1. The number of nitrogens with one attached hydrogen (secondary N) is 1. The predicted molar refractivity (Wildman–Crippen MR) is 87.7 cm³/mol. The first-order valence-corrected chi connectivity index (χ1v) is 7.16. The van der Waals surface area contributed by atoms with Gasteiger partial charge in [0, 0.05) is 37.8 Å². The van der Waals surface area contributed by atoms with E-state index in [1.807, 2.05) is 6.92 Å². The maximum atomic E-state index is 13.6. The zero-order chi connectivity index (χ0) is 14.0. The van der Waals surface area contributed by atoms with Crippen LogP contribution in [0.1, 0.15) is 24.9 Å². The van der Waals surface area contributed by atoms with E-state index < -0.39 is 17.4 Å². The number of nitrogens with zero attached hydrogens (tertiary/aromatic N) is 1. The van der Waals surface area contributed by atoms with Crippen molar-refractivity contribution in [3.05, 3.63) is 27.7 Å². The molecule has 1 atom stereocenters. The highest BCUT2D eigenvalue weighted by Crippen LogP contribution is 2.37. The Kier molecular flexibility index (Phi) is 9.04. The molecule has 0 spiro atoms. The number of rotatable bonds is 3. The Labute approximate surface area is 144 Å². The highest BCUT2D eigenvalue weighted by Gasteiger charge is 2.26. The largest absolute Gasteiger partial charge is 0.505 e. The topological polar surface area (TPSA) is 35.5 Å². The maximum absolute atomic E-state index is 13.6. The lowest BCUT2D eigenvalue weighted by molar-refractivity contribution is 0.166. The van der Waals surface area contributed by atoms with Gasteiger partial charge in [0.25, 0.3) is 0 Å². The lowest BCUT2D eigenvalue weighted by Crippen LogP contribution is -2.45. The molecule has 1 aromatic rings. The van der Waals surface area contributed by atoms with Gasteiger partial charge in [-0.25, -0.2) is 4.39 Å². The quantitative estimate of drug-likeness (QED) is 0.751. The predicted octanol–water partition coefficient (Wildman–Crippen LogP) is 3.63. The van der Waals surface area contributed by atoms with Gasteiger partial charge in [-0.15, -0.1) is 24.8 Å². The van der Waals surface area contributed by atoms with Crippen molar-refractivity contribution in [2.75, 3.05) is 26.2 Å². The second-order valence-corrected chi connectivity index (χ2v) is 5.49. The van der Waals surface area contributed by atoms with Crippen LogP contribution in [0.25, 0.3) is 0 Å². The Morgan fingerprint density at radius 2 is 1.86 bits per heavy atom. The molecule has 1 fully saturated rings. The summed E-state index contributed by atoms with van der Waals surface area (Å²) in [5, 5.41) is 13.1. The van der Waals surface area contributed by atoms with Crippen LogP contribution in [0.15, 0.2) is 10.5 Å². The molecule has 0 radical (unpaired) electrons. The molecule has 2 N–H and O–H groups in total. The van der Waals surface area contributed by atoms with Crippen molar-refractivity contribution in [2.45, 2.75) is 19.4 Å². The molecule has 1 aliphatic rings. The lowest BCUT2D eigenvalue weighted by Gasteiger charge is -2.35. The standard InChI is InChI=1S/C13H17BrF2N2O.2ClH/c1-2-10(18-5-3-17-4-6-18)8-7-9(14)11(15)12(16)13(8)19;;/h7,10,17,19H,2-6H2,1H3;2*1H/t10-;;/m1../s1. The zero-order valence-electron chi connectivity index (χ0n) is 11.5. The first kappa shape index (κ1) is 20.9. The van der Waals surface area contributed by atoms with Crippen molar-refractivity contribution in [2.24, 2.45) is 0 Å². The van der Waals surface area contributed by atoms with Crippen LogP contribution in [0.2, 0.25) is 0 Å². The van der Waals surface area contributed by atoms with Gasteiger partial charge in [-0.05, 0) is 28.4 Å². The highest BCUT2D eigenvalue weighted by molar-refractivity contribution is 9.10. The molecule has 2 rings (SSSR count). The molecule has 1 heterocycles. The van der Waals surface area contributed by atoms with Crippen LogP contribution in [-0.2, 0) is 0 Å². The molecule has 8 heteroatoms. The normalized spacial score (nSPS) is 16.8. The SMILES string of the molecule is CC[C@H](c1cc(Br)c(F)c(F)c1O)N1CCNCC1.Cl.Cl. The lowest BCUT2D eigenvalue weighted by atomic mass is 10.0. The molecule has 1 aromatic carbocycles. The fraction of sp³-hybridized carbons (Fsp3) is 0.538. The van der Waals surface area contributed by atoms with Gasteiger partial charge in [-0.3, -0.25) is 4.90 Å². The fourth-order valence-electron chi connectivity index (χ4n) is 2.53. The summed E-state index contributed by atoms with van der Waals surface area (Å²) in [6.07, 6.45) is 0.727. The van der Waals surface area contributed by atoms with E-state index >= 15 is 0 Å². The van der Waals surface area contributed by atoms with Gasteiger partial charge in [-0.1, -0.05) is 6.92 Å². The van der Waals surface area contributed by atoms with Gasteiger partial charge in [0.1, 0.15) is 0 Å². The van der Waals surface area contributed by atoms with Crippen LogP contribution in [-0.4, -0.2) is 36.2 Å². The third-order valence-corrected chi connectivity index (χ3v) is 4.08. The van der Waals surface area contributed by atoms with Gasteiger partial charge in [0.15, 0.2) is 11.6 Å². The Morgan fingerprint density at radius 3 is 2.38 bits per heavy atom. The Hall–Kier alpha value is -0.140. The van der Waals surface area contributed by atoms with Crippen LogP contribution in [0, 0.1) is 11.6 Å². The minimum Gasteiger partial charge on any atom is -0.505 e. The van der Waals surface area contributed by atoms with Crippen LogP contribution in [0.3, 0.4) is 0 Å².